The minimum absolute atomic E-state index is 0.0471. The summed E-state index contributed by atoms with van der Waals surface area (Å²) < 4.78 is 9.13. The minimum Gasteiger partial charge on any atom is -0.481 e. The van der Waals surface area contributed by atoms with Gasteiger partial charge < -0.3 is 14.6 Å². The standard InChI is InChI=1S/C8H12O6/c1-5(9)13-8(14-6(2)10)4-3-7(11)12/h8H,3-4H2,1-2H3,(H,11,12). The minimum atomic E-state index is -1.11. The molecule has 0 aromatic heterocycles. The molecule has 0 rings (SSSR count). The summed E-state index contributed by atoms with van der Waals surface area (Å²) in [5.41, 5.74) is 0. The van der Waals surface area contributed by atoms with Gasteiger partial charge in [-0.3, -0.25) is 14.4 Å². The highest BCUT2D eigenvalue weighted by Gasteiger charge is 2.16. The van der Waals surface area contributed by atoms with Gasteiger partial charge in [0.2, 0.25) is 6.29 Å². The van der Waals surface area contributed by atoms with Crippen molar-refractivity contribution < 1.29 is 29.0 Å². The molecule has 0 bridgehead atoms. The molecule has 0 aliphatic rings. The molecule has 0 spiro atoms. The van der Waals surface area contributed by atoms with Gasteiger partial charge >= 0.3 is 17.9 Å². The van der Waals surface area contributed by atoms with Gasteiger partial charge in [0, 0.05) is 20.3 Å². The Morgan fingerprint density at radius 3 is 1.86 bits per heavy atom. The summed E-state index contributed by atoms with van der Waals surface area (Å²) in [6.07, 6.45) is -1.39. The fraction of sp³-hybridized carbons (Fsp3) is 0.625. The van der Waals surface area contributed by atoms with Crippen LogP contribution in [0, 0.1) is 0 Å². The number of carboxylic acids is 1. The third-order valence-electron chi connectivity index (χ3n) is 1.19. The molecular formula is C8H12O6. The van der Waals surface area contributed by atoms with Gasteiger partial charge in [-0.2, -0.15) is 0 Å². The Morgan fingerprint density at radius 1 is 1.14 bits per heavy atom. The number of hydrogen-bond acceptors (Lipinski definition) is 5. The first-order chi connectivity index (χ1) is 6.41. The lowest BCUT2D eigenvalue weighted by Crippen LogP contribution is -2.23. The van der Waals surface area contributed by atoms with Crippen LogP contribution in [0.3, 0.4) is 0 Å². The Kier molecular flexibility index (Phi) is 5.28. The first kappa shape index (κ1) is 12.4. The van der Waals surface area contributed by atoms with Crippen molar-refractivity contribution in [3.8, 4) is 0 Å². The molecule has 0 saturated heterocycles. The molecule has 80 valence electrons. The molecule has 14 heavy (non-hydrogen) atoms. The van der Waals surface area contributed by atoms with Crippen molar-refractivity contribution in [3.63, 3.8) is 0 Å². The number of hydrogen-bond donors (Lipinski definition) is 1. The van der Waals surface area contributed by atoms with Crippen molar-refractivity contribution >= 4 is 17.9 Å². The Balaban J connectivity index is 4.03. The third-order valence-corrected chi connectivity index (χ3v) is 1.19. The fourth-order valence-electron chi connectivity index (χ4n) is 0.753. The number of aliphatic carboxylic acids is 1. The Morgan fingerprint density at radius 2 is 1.57 bits per heavy atom. The molecule has 0 aliphatic carbocycles. The second-order valence-corrected chi connectivity index (χ2v) is 2.58. The zero-order chi connectivity index (χ0) is 11.1. The molecule has 0 unspecified atom stereocenters. The average Bonchev–Trinajstić information content (AvgIpc) is 1.97. The molecule has 6 nitrogen and oxygen atoms in total. The van der Waals surface area contributed by atoms with Gasteiger partial charge in [-0.25, -0.2) is 0 Å². The van der Waals surface area contributed by atoms with E-state index in [0.29, 0.717) is 0 Å². The zero-order valence-corrected chi connectivity index (χ0v) is 7.98. The van der Waals surface area contributed by atoms with E-state index in [2.05, 4.69) is 9.47 Å². The van der Waals surface area contributed by atoms with Crippen molar-refractivity contribution in [1.29, 1.82) is 0 Å². The van der Waals surface area contributed by atoms with Crippen LogP contribution in [-0.2, 0) is 23.9 Å². The molecular weight excluding hydrogens is 192 g/mol. The van der Waals surface area contributed by atoms with Gasteiger partial charge in [-0.1, -0.05) is 0 Å². The summed E-state index contributed by atoms with van der Waals surface area (Å²) in [5, 5.41) is 8.35. The van der Waals surface area contributed by atoms with Gasteiger partial charge in [-0.15, -0.1) is 0 Å². The number of carboxylic acid groups (broad SMARTS) is 1. The van der Waals surface area contributed by atoms with Crippen LogP contribution in [0.5, 0.6) is 0 Å². The van der Waals surface area contributed by atoms with E-state index in [0.717, 1.165) is 13.8 Å². The summed E-state index contributed by atoms with van der Waals surface area (Å²) in [6, 6.07) is 0. The summed E-state index contributed by atoms with van der Waals surface area (Å²) >= 11 is 0. The van der Waals surface area contributed by atoms with Gasteiger partial charge in [-0.05, 0) is 0 Å². The Bertz CT molecular complexity index is 218. The van der Waals surface area contributed by atoms with Crippen molar-refractivity contribution in [3.05, 3.63) is 0 Å². The molecule has 0 amide bonds. The van der Waals surface area contributed by atoms with Crippen LogP contribution in [0.15, 0.2) is 0 Å². The molecule has 0 aromatic carbocycles. The fourth-order valence-corrected chi connectivity index (χ4v) is 0.753. The predicted molar refractivity (Wildman–Crippen MR) is 44.2 cm³/mol. The summed E-state index contributed by atoms with van der Waals surface area (Å²) in [5.74, 6) is -2.29. The first-order valence-corrected chi connectivity index (χ1v) is 3.98. The topological polar surface area (TPSA) is 89.9 Å². The maximum atomic E-state index is 10.5. The van der Waals surface area contributed by atoms with Crippen molar-refractivity contribution in [2.24, 2.45) is 0 Å². The highest BCUT2D eigenvalue weighted by Crippen LogP contribution is 2.05. The summed E-state index contributed by atoms with van der Waals surface area (Å²) in [4.78, 5) is 31.2. The van der Waals surface area contributed by atoms with Crippen LogP contribution in [0.2, 0.25) is 0 Å². The molecule has 0 heterocycles. The number of carbonyl (C=O) groups is 3. The maximum absolute atomic E-state index is 10.5. The van der Waals surface area contributed by atoms with Gasteiger partial charge in [0.05, 0.1) is 6.42 Å². The quantitative estimate of drug-likeness (QED) is 0.511. The van der Waals surface area contributed by atoms with Gasteiger partial charge in [0.25, 0.3) is 0 Å². The Hall–Kier alpha value is -1.59. The monoisotopic (exact) mass is 204 g/mol. The molecule has 1 N–H and O–H groups in total. The van der Waals surface area contributed by atoms with E-state index in [4.69, 9.17) is 5.11 Å². The van der Waals surface area contributed by atoms with E-state index < -0.39 is 24.2 Å². The summed E-state index contributed by atoms with van der Waals surface area (Å²) in [7, 11) is 0. The van der Waals surface area contributed by atoms with Crippen molar-refractivity contribution in [1.82, 2.24) is 0 Å². The normalized spacial score (nSPS) is 9.64. The Labute approximate surface area is 80.8 Å². The highest BCUT2D eigenvalue weighted by molar-refractivity contribution is 5.69. The van der Waals surface area contributed by atoms with E-state index in [1.54, 1.807) is 0 Å². The lowest BCUT2D eigenvalue weighted by Gasteiger charge is -2.15. The van der Waals surface area contributed by atoms with Crippen LogP contribution in [0.1, 0.15) is 26.7 Å². The number of esters is 2. The van der Waals surface area contributed by atoms with Crippen LogP contribution >= 0.6 is 0 Å². The smallest absolute Gasteiger partial charge is 0.305 e. The van der Waals surface area contributed by atoms with Gasteiger partial charge in [0.1, 0.15) is 0 Å². The lowest BCUT2D eigenvalue weighted by atomic mass is 10.3. The number of carbonyl (C=O) groups excluding carboxylic acids is 2. The first-order valence-electron chi connectivity index (χ1n) is 3.98. The lowest BCUT2D eigenvalue weighted by molar-refractivity contribution is -0.187. The van der Waals surface area contributed by atoms with Crippen molar-refractivity contribution in [2.75, 3.05) is 0 Å². The van der Waals surface area contributed by atoms with Crippen LogP contribution in [0.25, 0.3) is 0 Å². The van der Waals surface area contributed by atoms with E-state index >= 15 is 0 Å². The number of ether oxygens (including phenoxy) is 2. The highest BCUT2D eigenvalue weighted by atomic mass is 16.7. The molecule has 0 saturated carbocycles. The maximum Gasteiger partial charge on any atom is 0.305 e. The predicted octanol–water partition coefficient (Wildman–Crippen LogP) is 0.303. The second kappa shape index (κ2) is 5.95. The molecule has 0 aliphatic heterocycles. The van der Waals surface area contributed by atoms with E-state index in [1.807, 2.05) is 0 Å². The van der Waals surface area contributed by atoms with E-state index in [1.165, 1.54) is 0 Å². The van der Waals surface area contributed by atoms with E-state index in [9.17, 15) is 14.4 Å². The van der Waals surface area contributed by atoms with Crippen molar-refractivity contribution in [2.45, 2.75) is 33.0 Å². The molecule has 0 aromatic rings. The zero-order valence-electron chi connectivity index (χ0n) is 7.98. The van der Waals surface area contributed by atoms with Gasteiger partial charge in [0.15, 0.2) is 0 Å². The second-order valence-electron chi connectivity index (χ2n) is 2.58. The summed E-state index contributed by atoms with van der Waals surface area (Å²) in [6.45, 7) is 2.30. The SMILES string of the molecule is CC(=O)OC(CCC(=O)O)OC(C)=O. The van der Waals surface area contributed by atoms with E-state index in [-0.39, 0.29) is 12.8 Å². The van der Waals surface area contributed by atoms with Crippen LogP contribution in [-0.4, -0.2) is 29.3 Å². The average molecular weight is 204 g/mol. The largest absolute Gasteiger partial charge is 0.481 e. The van der Waals surface area contributed by atoms with Crippen LogP contribution in [0.4, 0.5) is 0 Å². The number of rotatable bonds is 5. The molecule has 6 heteroatoms. The van der Waals surface area contributed by atoms with Crippen LogP contribution < -0.4 is 0 Å². The molecule has 0 fully saturated rings. The molecule has 0 radical (unpaired) electrons. The molecule has 0 atom stereocenters. The third kappa shape index (κ3) is 7.08.